The summed E-state index contributed by atoms with van der Waals surface area (Å²) in [5.41, 5.74) is 0.966. The lowest BCUT2D eigenvalue weighted by atomic mass is 10.1. The monoisotopic (exact) mass is 305 g/mol. The van der Waals surface area contributed by atoms with E-state index in [1.165, 1.54) is 4.90 Å². The van der Waals surface area contributed by atoms with Gasteiger partial charge in [0.1, 0.15) is 18.8 Å². The molecule has 2 fully saturated rings. The van der Waals surface area contributed by atoms with Crippen LogP contribution in [0.25, 0.3) is 0 Å². The Morgan fingerprint density at radius 3 is 2.68 bits per heavy atom. The van der Waals surface area contributed by atoms with E-state index in [-0.39, 0.29) is 12.0 Å². The van der Waals surface area contributed by atoms with Gasteiger partial charge in [0.25, 0.3) is 5.91 Å². The van der Waals surface area contributed by atoms with Gasteiger partial charge in [0, 0.05) is 6.61 Å². The second kappa shape index (κ2) is 7.22. The van der Waals surface area contributed by atoms with Gasteiger partial charge >= 0.3 is 0 Å². The predicted octanol–water partition coefficient (Wildman–Crippen LogP) is -0.374. The van der Waals surface area contributed by atoms with Crippen molar-refractivity contribution in [1.82, 2.24) is 4.90 Å². The molecule has 2 saturated heterocycles. The highest BCUT2D eigenvalue weighted by atomic mass is 16.5. The van der Waals surface area contributed by atoms with Gasteiger partial charge in [0.2, 0.25) is 0 Å². The van der Waals surface area contributed by atoms with Crippen LogP contribution in [0.1, 0.15) is 24.5 Å². The summed E-state index contributed by atoms with van der Waals surface area (Å²) in [5.74, 6) is 0.153. The number of rotatable bonds is 4. The molecule has 0 bridgehead atoms. The molecular weight excluding hydrogens is 280 g/mol. The van der Waals surface area contributed by atoms with Crippen LogP contribution in [0.15, 0.2) is 30.3 Å². The lowest BCUT2D eigenvalue weighted by Gasteiger charge is -2.34. The Morgan fingerprint density at radius 2 is 2.05 bits per heavy atom. The Bertz CT molecular complexity index is 480. The van der Waals surface area contributed by atoms with E-state index in [1.54, 1.807) is 0 Å². The molecule has 3 rings (SSSR count). The molecule has 2 aliphatic heterocycles. The lowest BCUT2D eigenvalue weighted by Crippen LogP contribution is -3.15. The zero-order chi connectivity index (χ0) is 15.4. The first-order valence-electron chi connectivity index (χ1n) is 8.21. The minimum Gasteiger partial charge on any atom is -0.382 e. The number of nitrogens with zero attached hydrogens (tertiary/aromatic N) is 1. The number of ether oxygens (including phenoxy) is 1. The van der Waals surface area contributed by atoms with Crippen LogP contribution in [0, 0.1) is 0 Å². The van der Waals surface area contributed by atoms with Crippen LogP contribution in [0.3, 0.4) is 0 Å². The number of hydrogen-bond acceptors (Lipinski definition) is 3. The summed E-state index contributed by atoms with van der Waals surface area (Å²) in [6.07, 6.45) is 1.21. The molecule has 2 heterocycles. The lowest BCUT2D eigenvalue weighted by molar-refractivity contribution is -0.907. The molecule has 1 amide bonds. The molecule has 5 heteroatoms. The van der Waals surface area contributed by atoms with Crippen LogP contribution >= 0.6 is 0 Å². The van der Waals surface area contributed by atoms with Crippen LogP contribution in [-0.2, 0) is 9.53 Å². The van der Waals surface area contributed by atoms with Crippen LogP contribution < -0.4 is 4.90 Å². The van der Waals surface area contributed by atoms with Crippen molar-refractivity contribution in [3.05, 3.63) is 35.9 Å². The van der Waals surface area contributed by atoms with Crippen molar-refractivity contribution in [3.63, 3.8) is 0 Å². The molecule has 1 aromatic carbocycles. The van der Waals surface area contributed by atoms with Crippen molar-refractivity contribution in [3.8, 4) is 0 Å². The van der Waals surface area contributed by atoms with Crippen molar-refractivity contribution in [2.75, 3.05) is 39.3 Å². The topological polar surface area (TPSA) is 54.2 Å². The van der Waals surface area contributed by atoms with Crippen LogP contribution in [-0.4, -0.2) is 61.3 Å². The van der Waals surface area contributed by atoms with E-state index < -0.39 is 6.10 Å². The van der Waals surface area contributed by atoms with E-state index in [4.69, 9.17) is 4.74 Å². The van der Waals surface area contributed by atoms with Gasteiger partial charge in [-0.3, -0.25) is 4.79 Å². The minimum absolute atomic E-state index is 0.153. The maximum absolute atomic E-state index is 12.3. The molecule has 0 aliphatic carbocycles. The average Bonchev–Trinajstić information content (AvgIpc) is 3.10. The Kier molecular flexibility index (Phi) is 5.08. The fraction of sp³-hybridized carbons (Fsp3) is 0.588. The average molecular weight is 305 g/mol. The van der Waals surface area contributed by atoms with Crippen molar-refractivity contribution < 1.29 is 19.5 Å². The zero-order valence-corrected chi connectivity index (χ0v) is 12.9. The normalized spacial score (nSPS) is 24.4. The fourth-order valence-corrected chi connectivity index (χ4v) is 3.29. The third-order valence-electron chi connectivity index (χ3n) is 4.65. The number of carbonyl (C=O) groups excluding carboxylic acids is 1. The highest BCUT2D eigenvalue weighted by Crippen LogP contribution is 2.15. The molecule has 0 aromatic heterocycles. The Morgan fingerprint density at radius 1 is 1.32 bits per heavy atom. The van der Waals surface area contributed by atoms with Gasteiger partial charge in [-0.2, -0.15) is 0 Å². The largest absolute Gasteiger partial charge is 0.382 e. The summed E-state index contributed by atoms with van der Waals surface area (Å²) < 4.78 is 5.48. The number of benzene rings is 1. The smallest absolute Gasteiger partial charge is 0.252 e. The first-order chi connectivity index (χ1) is 10.7. The van der Waals surface area contributed by atoms with Gasteiger partial charge in [-0.25, -0.2) is 0 Å². The van der Waals surface area contributed by atoms with Crippen molar-refractivity contribution in [2.24, 2.45) is 0 Å². The molecule has 2 atom stereocenters. The van der Waals surface area contributed by atoms with E-state index in [0.717, 1.165) is 44.6 Å². The molecule has 22 heavy (non-hydrogen) atoms. The van der Waals surface area contributed by atoms with Crippen LogP contribution in [0.4, 0.5) is 0 Å². The van der Waals surface area contributed by atoms with E-state index in [9.17, 15) is 9.90 Å². The maximum atomic E-state index is 12.3. The first kappa shape index (κ1) is 15.5. The second-order valence-corrected chi connectivity index (χ2v) is 6.21. The van der Waals surface area contributed by atoms with Crippen molar-refractivity contribution in [2.45, 2.75) is 25.0 Å². The summed E-state index contributed by atoms with van der Waals surface area (Å²) in [7, 11) is 0. The molecule has 120 valence electrons. The number of piperazine rings is 1. The van der Waals surface area contributed by atoms with Crippen LogP contribution in [0.2, 0.25) is 0 Å². The molecule has 0 radical (unpaired) electrons. The molecule has 1 aromatic rings. The third kappa shape index (κ3) is 3.66. The van der Waals surface area contributed by atoms with E-state index in [1.807, 2.05) is 35.2 Å². The fourth-order valence-electron chi connectivity index (χ4n) is 3.29. The summed E-state index contributed by atoms with van der Waals surface area (Å²) in [4.78, 5) is 15.6. The Balaban J connectivity index is 1.46. The maximum Gasteiger partial charge on any atom is 0.252 e. The first-order valence-corrected chi connectivity index (χ1v) is 8.21. The standard InChI is InChI=1S/C17H24N2O3/c20-15(14-5-2-1-3-6-14)13-18-8-10-19(11-9-18)17(21)16-7-4-12-22-16/h1-3,5-6,15-16,20H,4,7-13H2/p+1/t15-,16-/m1/s1. The number of carbonyl (C=O) groups is 1. The molecule has 0 unspecified atom stereocenters. The number of amides is 1. The predicted molar refractivity (Wildman–Crippen MR) is 82.5 cm³/mol. The molecule has 0 saturated carbocycles. The number of aliphatic hydroxyl groups excluding tert-OH is 1. The van der Waals surface area contributed by atoms with Crippen molar-refractivity contribution >= 4 is 5.91 Å². The summed E-state index contributed by atoms with van der Waals surface area (Å²) in [5, 5.41) is 10.3. The van der Waals surface area contributed by atoms with Gasteiger partial charge in [0.15, 0.2) is 0 Å². The van der Waals surface area contributed by atoms with Crippen LogP contribution in [0.5, 0.6) is 0 Å². The van der Waals surface area contributed by atoms with E-state index in [2.05, 4.69) is 0 Å². The van der Waals surface area contributed by atoms with E-state index in [0.29, 0.717) is 13.2 Å². The third-order valence-corrected chi connectivity index (χ3v) is 4.65. The Labute approximate surface area is 131 Å². The summed E-state index contributed by atoms with van der Waals surface area (Å²) in [6, 6.07) is 9.78. The van der Waals surface area contributed by atoms with E-state index >= 15 is 0 Å². The number of hydrogen-bond donors (Lipinski definition) is 2. The second-order valence-electron chi connectivity index (χ2n) is 6.21. The highest BCUT2D eigenvalue weighted by molar-refractivity contribution is 5.81. The number of nitrogens with one attached hydrogen (secondary N) is 1. The van der Waals surface area contributed by atoms with Gasteiger partial charge in [0.05, 0.1) is 26.2 Å². The molecule has 2 aliphatic rings. The Hall–Kier alpha value is -1.43. The van der Waals surface area contributed by atoms with Gasteiger partial charge in [-0.05, 0) is 18.4 Å². The zero-order valence-electron chi connectivity index (χ0n) is 12.9. The summed E-state index contributed by atoms with van der Waals surface area (Å²) >= 11 is 0. The quantitative estimate of drug-likeness (QED) is 0.798. The van der Waals surface area contributed by atoms with Gasteiger partial charge in [-0.15, -0.1) is 0 Å². The van der Waals surface area contributed by atoms with Gasteiger partial charge in [-0.1, -0.05) is 30.3 Å². The SMILES string of the molecule is O=C([C@H]1CCCO1)N1CC[NH+](C[C@@H](O)c2ccccc2)CC1. The molecule has 5 nitrogen and oxygen atoms in total. The van der Waals surface area contributed by atoms with Gasteiger partial charge < -0.3 is 19.6 Å². The number of quaternary nitrogens is 1. The molecular formula is C17H25N2O3+. The molecule has 2 N–H and O–H groups in total. The highest BCUT2D eigenvalue weighted by Gasteiger charge is 2.32. The summed E-state index contributed by atoms with van der Waals surface area (Å²) in [6.45, 7) is 4.71. The van der Waals surface area contributed by atoms with Crippen molar-refractivity contribution in [1.29, 1.82) is 0 Å². The molecule has 0 spiro atoms. The number of aliphatic hydroxyl groups is 1. The minimum atomic E-state index is -0.434.